The number of carbonyl (C=O) groups is 1. The van der Waals surface area contributed by atoms with E-state index in [0.29, 0.717) is 0 Å². The molecule has 64 valence electrons. The minimum absolute atomic E-state index is 0.0754. The summed E-state index contributed by atoms with van der Waals surface area (Å²) in [5.41, 5.74) is -0.102. The Kier molecular flexibility index (Phi) is 1.92. The van der Waals surface area contributed by atoms with E-state index >= 15 is 0 Å². The Morgan fingerprint density at radius 3 is 2.36 bits per heavy atom. The third kappa shape index (κ3) is 1.93. The first-order valence-electron chi connectivity index (χ1n) is 3.78. The fraction of sp³-hybridized carbons (Fsp3) is 0.875. The summed E-state index contributed by atoms with van der Waals surface area (Å²) < 4.78 is 10.2. The molecule has 2 atom stereocenters. The normalized spacial score (nSPS) is 29.3. The molecule has 1 rings (SSSR count). The van der Waals surface area contributed by atoms with Crippen LogP contribution in [-0.2, 0) is 14.3 Å². The summed E-state index contributed by atoms with van der Waals surface area (Å²) in [6, 6.07) is 0. The molecule has 0 radical (unpaired) electrons. The van der Waals surface area contributed by atoms with E-state index in [2.05, 4.69) is 0 Å². The number of esters is 1. The Balaban J connectivity index is 2.34. The second kappa shape index (κ2) is 2.48. The van der Waals surface area contributed by atoms with E-state index in [4.69, 9.17) is 9.47 Å². The first-order chi connectivity index (χ1) is 4.93. The second-order valence-corrected chi connectivity index (χ2v) is 3.46. The van der Waals surface area contributed by atoms with Gasteiger partial charge in [0.25, 0.3) is 0 Å². The highest BCUT2D eigenvalue weighted by molar-refractivity contribution is 5.66. The quantitative estimate of drug-likeness (QED) is 0.446. The molecule has 0 aromatic rings. The molecule has 11 heavy (non-hydrogen) atoms. The van der Waals surface area contributed by atoms with Crippen LogP contribution in [0.4, 0.5) is 0 Å². The predicted octanol–water partition coefficient (Wildman–Crippen LogP) is 1.12. The lowest BCUT2D eigenvalue weighted by Gasteiger charge is -2.08. The molecule has 1 saturated heterocycles. The van der Waals surface area contributed by atoms with E-state index in [1.165, 1.54) is 6.92 Å². The van der Waals surface area contributed by atoms with Crippen molar-refractivity contribution >= 4 is 5.97 Å². The lowest BCUT2D eigenvalue weighted by Crippen LogP contribution is -2.22. The molecule has 1 fully saturated rings. The van der Waals surface area contributed by atoms with Gasteiger partial charge in [0.2, 0.25) is 0 Å². The van der Waals surface area contributed by atoms with Gasteiger partial charge in [-0.2, -0.15) is 0 Å². The number of ether oxygens (including phenoxy) is 2. The van der Waals surface area contributed by atoms with Crippen molar-refractivity contribution in [2.24, 2.45) is 0 Å². The Bertz CT molecular complexity index is 174. The number of hydrogen-bond acceptors (Lipinski definition) is 3. The van der Waals surface area contributed by atoms with Crippen LogP contribution in [0.5, 0.6) is 0 Å². The summed E-state index contributed by atoms with van der Waals surface area (Å²) in [4.78, 5) is 10.5. The zero-order chi connectivity index (χ0) is 8.65. The molecule has 0 spiro atoms. The first kappa shape index (κ1) is 8.53. The molecule has 3 nitrogen and oxygen atoms in total. The summed E-state index contributed by atoms with van der Waals surface area (Å²) in [6.45, 7) is 7.22. The maximum Gasteiger partial charge on any atom is 0.302 e. The number of carbonyl (C=O) groups excluding carboxylic acids is 1. The zero-order valence-electron chi connectivity index (χ0n) is 7.38. The van der Waals surface area contributed by atoms with Gasteiger partial charge in [-0.05, 0) is 20.8 Å². The highest BCUT2D eigenvalue weighted by Crippen LogP contribution is 2.38. The van der Waals surface area contributed by atoms with Crippen LogP contribution in [0.3, 0.4) is 0 Å². The Morgan fingerprint density at radius 2 is 2.09 bits per heavy atom. The molecule has 0 aromatic carbocycles. The molecule has 0 aromatic heterocycles. The zero-order valence-corrected chi connectivity index (χ0v) is 7.38. The molecular formula is C8H14O3. The molecule has 0 N–H and O–H groups in total. The topological polar surface area (TPSA) is 38.8 Å². The Hall–Kier alpha value is -0.570. The molecule has 3 heteroatoms. The first-order valence-corrected chi connectivity index (χ1v) is 3.78. The lowest BCUT2D eigenvalue weighted by atomic mass is 10.1. The van der Waals surface area contributed by atoms with Crippen LogP contribution in [0, 0.1) is 0 Å². The van der Waals surface area contributed by atoms with Crippen LogP contribution in [0.2, 0.25) is 0 Å². The standard InChI is InChI=1S/C8H14O3/c1-5(10-6(2)9)7-8(3,4)11-7/h5,7H,1-4H3/t5-,7+/m0/s1. The minimum atomic E-state index is -0.246. The third-order valence-electron chi connectivity index (χ3n) is 1.84. The molecule has 0 unspecified atom stereocenters. The molecule has 1 aliphatic heterocycles. The van der Waals surface area contributed by atoms with Crippen LogP contribution in [0.15, 0.2) is 0 Å². The summed E-state index contributed by atoms with van der Waals surface area (Å²) in [5, 5.41) is 0. The lowest BCUT2D eigenvalue weighted by molar-refractivity contribution is -0.146. The Labute approximate surface area is 66.7 Å². The molecule has 1 heterocycles. The van der Waals surface area contributed by atoms with Crippen LogP contribution in [-0.4, -0.2) is 23.8 Å². The van der Waals surface area contributed by atoms with Crippen LogP contribution >= 0.6 is 0 Å². The molecule has 1 aliphatic rings. The van der Waals surface area contributed by atoms with E-state index in [0.717, 1.165) is 0 Å². The second-order valence-electron chi connectivity index (χ2n) is 3.46. The summed E-state index contributed by atoms with van der Waals surface area (Å²) in [7, 11) is 0. The predicted molar refractivity (Wildman–Crippen MR) is 40.2 cm³/mol. The van der Waals surface area contributed by atoms with Gasteiger partial charge in [-0.25, -0.2) is 0 Å². The van der Waals surface area contributed by atoms with E-state index in [1.807, 2.05) is 20.8 Å². The van der Waals surface area contributed by atoms with Gasteiger partial charge in [0, 0.05) is 6.92 Å². The third-order valence-corrected chi connectivity index (χ3v) is 1.84. The molecule has 0 aliphatic carbocycles. The maximum absolute atomic E-state index is 10.5. The summed E-state index contributed by atoms with van der Waals surface area (Å²) >= 11 is 0. The van der Waals surface area contributed by atoms with Crippen molar-refractivity contribution in [2.45, 2.75) is 45.5 Å². The largest absolute Gasteiger partial charge is 0.460 e. The fourth-order valence-corrected chi connectivity index (χ4v) is 1.28. The molecule has 0 saturated carbocycles. The van der Waals surface area contributed by atoms with E-state index in [9.17, 15) is 4.79 Å². The van der Waals surface area contributed by atoms with Gasteiger partial charge in [-0.3, -0.25) is 4.79 Å². The molecule has 0 bridgehead atoms. The highest BCUT2D eigenvalue weighted by Gasteiger charge is 2.52. The van der Waals surface area contributed by atoms with Gasteiger partial charge < -0.3 is 9.47 Å². The van der Waals surface area contributed by atoms with Crippen molar-refractivity contribution in [1.82, 2.24) is 0 Å². The van der Waals surface area contributed by atoms with Crippen molar-refractivity contribution in [3.8, 4) is 0 Å². The number of epoxide rings is 1. The van der Waals surface area contributed by atoms with Gasteiger partial charge in [0.15, 0.2) is 0 Å². The highest BCUT2D eigenvalue weighted by atomic mass is 16.6. The van der Waals surface area contributed by atoms with Crippen molar-refractivity contribution in [1.29, 1.82) is 0 Å². The van der Waals surface area contributed by atoms with Crippen molar-refractivity contribution < 1.29 is 14.3 Å². The minimum Gasteiger partial charge on any atom is -0.460 e. The fourth-order valence-electron chi connectivity index (χ4n) is 1.28. The van der Waals surface area contributed by atoms with Crippen molar-refractivity contribution in [3.63, 3.8) is 0 Å². The average Bonchev–Trinajstić information content (AvgIpc) is 2.38. The summed E-state index contributed by atoms with van der Waals surface area (Å²) in [5.74, 6) is -0.246. The van der Waals surface area contributed by atoms with Crippen LogP contribution in [0.25, 0.3) is 0 Å². The van der Waals surface area contributed by atoms with E-state index < -0.39 is 0 Å². The van der Waals surface area contributed by atoms with Gasteiger partial charge in [-0.15, -0.1) is 0 Å². The summed E-state index contributed by atoms with van der Waals surface area (Å²) in [6.07, 6.45) is -0.0473. The molecule has 0 amide bonds. The van der Waals surface area contributed by atoms with Crippen LogP contribution < -0.4 is 0 Å². The molecular weight excluding hydrogens is 144 g/mol. The van der Waals surface area contributed by atoms with Crippen molar-refractivity contribution in [3.05, 3.63) is 0 Å². The van der Waals surface area contributed by atoms with Crippen molar-refractivity contribution in [2.75, 3.05) is 0 Å². The average molecular weight is 158 g/mol. The van der Waals surface area contributed by atoms with Gasteiger partial charge >= 0.3 is 5.97 Å². The number of rotatable bonds is 2. The van der Waals surface area contributed by atoms with E-state index in [1.54, 1.807) is 0 Å². The smallest absolute Gasteiger partial charge is 0.302 e. The Morgan fingerprint density at radius 1 is 1.64 bits per heavy atom. The van der Waals surface area contributed by atoms with E-state index in [-0.39, 0.29) is 23.8 Å². The van der Waals surface area contributed by atoms with Gasteiger partial charge in [-0.1, -0.05) is 0 Å². The monoisotopic (exact) mass is 158 g/mol. The maximum atomic E-state index is 10.5. The van der Waals surface area contributed by atoms with Gasteiger partial charge in [0.1, 0.15) is 12.2 Å². The SMILES string of the molecule is CC(=O)O[C@@H](C)[C@H]1OC1(C)C. The van der Waals surface area contributed by atoms with Gasteiger partial charge in [0.05, 0.1) is 5.60 Å². The van der Waals surface area contributed by atoms with Crippen LogP contribution in [0.1, 0.15) is 27.7 Å². The number of hydrogen-bond donors (Lipinski definition) is 0.